The standard InChI is InChI=1S/C15H21BrFN/c1-2-3-12-6-8-18(9-7-12)11-13-4-5-14(16)10-15(13)17/h4-5,10,12H,2-3,6-9,11H2,1H3. The molecule has 18 heavy (non-hydrogen) atoms. The van der Waals surface area contributed by atoms with Gasteiger partial charge in [-0.25, -0.2) is 4.39 Å². The summed E-state index contributed by atoms with van der Waals surface area (Å²) in [5, 5.41) is 0. The number of halogens is 2. The van der Waals surface area contributed by atoms with Crippen LogP contribution in [0.15, 0.2) is 22.7 Å². The van der Waals surface area contributed by atoms with Crippen molar-refractivity contribution in [3.05, 3.63) is 34.1 Å². The summed E-state index contributed by atoms with van der Waals surface area (Å²) in [6.45, 7) is 5.22. The Labute approximate surface area is 118 Å². The Morgan fingerprint density at radius 1 is 1.33 bits per heavy atom. The lowest BCUT2D eigenvalue weighted by molar-refractivity contribution is 0.170. The molecule has 0 bridgehead atoms. The van der Waals surface area contributed by atoms with E-state index in [0.717, 1.165) is 35.6 Å². The highest BCUT2D eigenvalue weighted by molar-refractivity contribution is 9.10. The average Bonchev–Trinajstić information content (AvgIpc) is 2.35. The van der Waals surface area contributed by atoms with Gasteiger partial charge in [-0.1, -0.05) is 41.8 Å². The minimum Gasteiger partial charge on any atom is -0.299 e. The molecule has 1 aliphatic heterocycles. The van der Waals surface area contributed by atoms with E-state index in [2.05, 4.69) is 27.8 Å². The molecule has 1 heterocycles. The van der Waals surface area contributed by atoms with Gasteiger partial charge < -0.3 is 0 Å². The molecule has 0 aromatic heterocycles. The van der Waals surface area contributed by atoms with Crippen LogP contribution >= 0.6 is 15.9 Å². The van der Waals surface area contributed by atoms with Gasteiger partial charge in [0.15, 0.2) is 0 Å². The molecule has 1 aliphatic rings. The SMILES string of the molecule is CCCC1CCN(Cc2ccc(Br)cc2F)CC1. The number of piperidine rings is 1. The second-order valence-electron chi connectivity index (χ2n) is 5.24. The third-order valence-electron chi connectivity index (χ3n) is 3.81. The molecule has 1 aromatic carbocycles. The van der Waals surface area contributed by atoms with Crippen LogP contribution in [0.5, 0.6) is 0 Å². The first-order valence-corrected chi connectivity index (χ1v) is 7.64. The fourth-order valence-electron chi connectivity index (χ4n) is 2.73. The van der Waals surface area contributed by atoms with Crippen molar-refractivity contribution in [2.75, 3.05) is 13.1 Å². The lowest BCUT2D eigenvalue weighted by Gasteiger charge is -2.31. The highest BCUT2D eigenvalue weighted by Gasteiger charge is 2.19. The molecule has 0 radical (unpaired) electrons. The Bertz CT molecular complexity index is 386. The molecule has 0 spiro atoms. The van der Waals surface area contributed by atoms with Gasteiger partial charge in [-0.3, -0.25) is 4.90 Å². The van der Waals surface area contributed by atoms with Gasteiger partial charge in [0.1, 0.15) is 5.82 Å². The summed E-state index contributed by atoms with van der Waals surface area (Å²) in [5.74, 6) is 0.793. The molecular weight excluding hydrogens is 293 g/mol. The molecule has 0 unspecified atom stereocenters. The van der Waals surface area contributed by atoms with Crippen molar-refractivity contribution in [2.45, 2.75) is 39.2 Å². The highest BCUT2D eigenvalue weighted by Crippen LogP contribution is 2.24. The van der Waals surface area contributed by atoms with Crippen molar-refractivity contribution >= 4 is 15.9 Å². The molecule has 0 saturated carbocycles. The molecule has 0 aliphatic carbocycles. The Morgan fingerprint density at radius 3 is 2.67 bits per heavy atom. The van der Waals surface area contributed by atoms with E-state index in [0.29, 0.717) is 0 Å². The quantitative estimate of drug-likeness (QED) is 0.785. The van der Waals surface area contributed by atoms with Crippen LogP contribution in [0.25, 0.3) is 0 Å². The number of hydrogen-bond acceptors (Lipinski definition) is 1. The summed E-state index contributed by atoms with van der Waals surface area (Å²) in [5.41, 5.74) is 0.812. The van der Waals surface area contributed by atoms with Gasteiger partial charge in [-0.05, 0) is 44.0 Å². The molecule has 0 amide bonds. The van der Waals surface area contributed by atoms with Crippen LogP contribution in [0.3, 0.4) is 0 Å². The van der Waals surface area contributed by atoms with E-state index in [-0.39, 0.29) is 5.82 Å². The van der Waals surface area contributed by atoms with Gasteiger partial charge in [0, 0.05) is 16.6 Å². The van der Waals surface area contributed by atoms with Gasteiger partial charge in [0.2, 0.25) is 0 Å². The van der Waals surface area contributed by atoms with Crippen LogP contribution in [0.4, 0.5) is 4.39 Å². The van der Waals surface area contributed by atoms with Gasteiger partial charge in [-0.2, -0.15) is 0 Å². The predicted octanol–water partition coefficient (Wildman–Crippen LogP) is 4.60. The van der Waals surface area contributed by atoms with Crippen LogP contribution in [-0.4, -0.2) is 18.0 Å². The maximum absolute atomic E-state index is 13.7. The zero-order valence-electron chi connectivity index (χ0n) is 11.0. The molecule has 1 saturated heterocycles. The Kier molecular flexibility index (Phi) is 5.19. The van der Waals surface area contributed by atoms with Crippen molar-refractivity contribution in [1.29, 1.82) is 0 Å². The molecule has 0 atom stereocenters. The van der Waals surface area contributed by atoms with E-state index in [4.69, 9.17) is 0 Å². The van der Waals surface area contributed by atoms with E-state index in [9.17, 15) is 4.39 Å². The molecule has 1 nitrogen and oxygen atoms in total. The average molecular weight is 314 g/mol. The second-order valence-corrected chi connectivity index (χ2v) is 6.16. The van der Waals surface area contributed by atoms with Crippen molar-refractivity contribution < 1.29 is 4.39 Å². The summed E-state index contributed by atoms with van der Waals surface area (Å²) in [7, 11) is 0. The van der Waals surface area contributed by atoms with Crippen LogP contribution in [0.2, 0.25) is 0 Å². The summed E-state index contributed by atoms with van der Waals surface area (Å²) < 4.78 is 14.6. The first-order valence-electron chi connectivity index (χ1n) is 6.85. The van der Waals surface area contributed by atoms with Gasteiger partial charge >= 0.3 is 0 Å². The van der Waals surface area contributed by atoms with Crippen LogP contribution in [-0.2, 0) is 6.54 Å². The van der Waals surface area contributed by atoms with Crippen LogP contribution < -0.4 is 0 Å². The molecular formula is C15H21BrFN. The van der Waals surface area contributed by atoms with Gasteiger partial charge in [0.25, 0.3) is 0 Å². The molecule has 3 heteroatoms. The number of likely N-dealkylation sites (tertiary alicyclic amines) is 1. The Hall–Kier alpha value is -0.410. The third kappa shape index (κ3) is 3.79. The Morgan fingerprint density at radius 2 is 2.06 bits per heavy atom. The molecule has 1 aromatic rings. The third-order valence-corrected chi connectivity index (χ3v) is 4.31. The second kappa shape index (κ2) is 6.67. The van der Waals surface area contributed by atoms with Crippen molar-refractivity contribution in [3.8, 4) is 0 Å². The summed E-state index contributed by atoms with van der Waals surface area (Å²) >= 11 is 3.29. The molecule has 2 rings (SSSR count). The van der Waals surface area contributed by atoms with Crippen molar-refractivity contribution in [1.82, 2.24) is 4.90 Å². The Balaban J connectivity index is 1.87. The fourth-order valence-corrected chi connectivity index (χ4v) is 3.07. The van der Waals surface area contributed by atoms with E-state index >= 15 is 0 Å². The maximum Gasteiger partial charge on any atom is 0.128 e. The minimum absolute atomic E-state index is 0.0972. The number of hydrogen-bond donors (Lipinski definition) is 0. The van der Waals surface area contributed by atoms with Gasteiger partial charge in [-0.15, -0.1) is 0 Å². The van der Waals surface area contributed by atoms with E-state index in [1.54, 1.807) is 6.07 Å². The number of nitrogens with zero attached hydrogens (tertiary/aromatic N) is 1. The van der Waals surface area contributed by atoms with E-state index in [1.165, 1.54) is 25.7 Å². The zero-order chi connectivity index (χ0) is 13.0. The first kappa shape index (κ1) is 14.0. The highest BCUT2D eigenvalue weighted by atomic mass is 79.9. The van der Waals surface area contributed by atoms with Crippen molar-refractivity contribution in [2.24, 2.45) is 5.92 Å². The van der Waals surface area contributed by atoms with E-state index in [1.807, 2.05) is 12.1 Å². The van der Waals surface area contributed by atoms with E-state index < -0.39 is 0 Å². The van der Waals surface area contributed by atoms with Crippen LogP contribution in [0, 0.1) is 11.7 Å². The summed E-state index contributed by atoms with van der Waals surface area (Å²) in [6, 6.07) is 5.36. The molecule has 1 fully saturated rings. The molecule has 0 N–H and O–H groups in total. The van der Waals surface area contributed by atoms with Crippen LogP contribution in [0.1, 0.15) is 38.2 Å². The number of benzene rings is 1. The lowest BCUT2D eigenvalue weighted by Crippen LogP contribution is -2.33. The lowest BCUT2D eigenvalue weighted by atomic mass is 9.92. The fraction of sp³-hybridized carbons (Fsp3) is 0.600. The monoisotopic (exact) mass is 313 g/mol. The predicted molar refractivity (Wildman–Crippen MR) is 77.0 cm³/mol. The largest absolute Gasteiger partial charge is 0.299 e. The molecule has 100 valence electrons. The zero-order valence-corrected chi connectivity index (χ0v) is 12.5. The summed E-state index contributed by atoms with van der Waals surface area (Å²) in [6.07, 6.45) is 5.17. The minimum atomic E-state index is -0.0972. The normalized spacial score (nSPS) is 18.2. The van der Waals surface area contributed by atoms with Gasteiger partial charge in [0.05, 0.1) is 0 Å². The topological polar surface area (TPSA) is 3.24 Å². The van der Waals surface area contributed by atoms with Crippen molar-refractivity contribution in [3.63, 3.8) is 0 Å². The number of rotatable bonds is 4. The maximum atomic E-state index is 13.7. The summed E-state index contributed by atoms with van der Waals surface area (Å²) in [4.78, 5) is 2.37. The smallest absolute Gasteiger partial charge is 0.128 e. The first-order chi connectivity index (χ1) is 8.69.